The summed E-state index contributed by atoms with van der Waals surface area (Å²) in [5.41, 5.74) is 1.04. The predicted octanol–water partition coefficient (Wildman–Crippen LogP) is 0.946. The number of nitrogens with zero attached hydrogens (tertiary/aromatic N) is 1. The number of amides is 2. The highest BCUT2D eigenvalue weighted by Crippen LogP contribution is 2.13. The van der Waals surface area contributed by atoms with Crippen LogP contribution in [0.1, 0.15) is 36.5 Å². The number of methoxy groups -OCH3 is 1. The van der Waals surface area contributed by atoms with Crippen molar-refractivity contribution >= 4 is 29.4 Å². The Labute approximate surface area is 169 Å². The van der Waals surface area contributed by atoms with Crippen LogP contribution < -0.4 is 10.6 Å². The minimum atomic E-state index is -0.881. The monoisotopic (exact) mass is 405 g/mol. The van der Waals surface area contributed by atoms with Crippen LogP contribution in [0, 0.1) is 0 Å². The molecule has 1 atom stereocenters. The van der Waals surface area contributed by atoms with E-state index in [0.29, 0.717) is 30.9 Å². The quantitative estimate of drug-likeness (QED) is 0.464. The van der Waals surface area contributed by atoms with Crippen LogP contribution in [-0.2, 0) is 23.9 Å². The SMILES string of the molecule is CCCCOC(=O)CC1C(=O)NCCN1C(=O)CNc1ccc(C(=O)OC)cc1. The van der Waals surface area contributed by atoms with Gasteiger partial charge in [0, 0.05) is 18.8 Å². The first-order chi connectivity index (χ1) is 14.0. The molecule has 2 rings (SSSR count). The average Bonchev–Trinajstić information content (AvgIpc) is 2.73. The zero-order chi connectivity index (χ0) is 21.2. The molecule has 1 aliphatic rings. The zero-order valence-corrected chi connectivity index (χ0v) is 16.7. The molecule has 9 nitrogen and oxygen atoms in total. The number of benzene rings is 1. The van der Waals surface area contributed by atoms with Crippen molar-refractivity contribution in [2.45, 2.75) is 32.2 Å². The number of carbonyl (C=O) groups excluding carboxylic acids is 4. The Morgan fingerprint density at radius 2 is 1.97 bits per heavy atom. The van der Waals surface area contributed by atoms with Gasteiger partial charge in [-0.25, -0.2) is 4.79 Å². The lowest BCUT2D eigenvalue weighted by Gasteiger charge is -2.34. The number of unbranched alkanes of at least 4 members (excludes halogenated alkanes) is 1. The molecule has 0 spiro atoms. The molecule has 0 aromatic heterocycles. The summed E-state index contributed by atoms with van der Waals surface area (Å²) >= 11 is 0. The van der Waals surface area contributed by atoms with Gasteiger partial charge >= 0.3 is 11.9 Å². The number of anilines is 1. The van der Waals surface area contributed by atoms with Crippen LogP contribution in [0.2, 0.25) is 0 Å². The molecule has 1 saturated heterocycles. The van der Waals surface area contributed by atoms with Crippen molar-refractivity contribution in [1.29, 1.82) is 0 Å². The highest BCUT2D eigenvalue weighted by Gasteiger charge is 2.34. The second-order valence-corrected chi connectivity index (χ2v) is 6.59. The second-order valence-electron chi connectivity index (χ2n) is 6.59. The van der Waals surface area contributed by atoms with Gasteiger partial charge in [0.1, 0.15) is 6.04 Å². The van der Waals surface area contributed by atoms with Gasteiger partial charge in [-0.3, -0.25) is 14.4 Å². The minimum Gasteiger partial charge on any atom is -0.466 e. The molecule has 2 N–H and O–H groups in total. The van der Waals surface area contributed by atoms with E-state index < -0.39 is 18.0 Å². The molecular weight excluding hydrogens is 378 g/mol. The summed E-state index contributed by atoms with van der Waals surface area (Å²) in [6.45, 7) is 2.89. The molecule has 0 bridgehead atoms. The maximum absolute atomic E-state index is 12.6. The topological polar surface area (TPSA) is 114 Å². The van der Waals surface area contributed by atoms with Crippen LogP contribution >= 0.6 is 0 Å². The molecule has 0 saturated carbocycles. The highest BCUT2D eigenvalue weighted by molar-refractivity contribution is 5.93. The number of rotatable bonds is 9. The van der Waals surface area contributed by atoms with Gasteiger partial charge in [0.05, 0.1) is 32.2 Å². The first kappa shape index (κ1) is 22.2. The third-order valence-electron chi connectivity index (χ3n) is 4.52. The van der Waals surface area contributed by atoms with Crippen molar-refractivity contribution in [3.63, 3.8) is 0 Å². The summed E-state index contributed by atoms with van der Waals surface area (Å²) in [7, 11) is 1.30. The molecule has 1 aromatic rings. The number of nitrogens with one attached hydrogen (secondary N) is 2. The predicted molar refractivity (Wildman–Crippen MR) is 105 cm³/mol. The highest BCUT2D eigenvalue weighted by atomic mass is 16.5. The summed E-state index contributed by atoms with van der Waals surface area (Å²) in [5.74, 6) is -1.60. The largest absolute Gasteiger partial charge is 0.466 e. The van der Waals surface area contributed by atoms with E-state index in [1.807, 2.05) is 6.92 Å². The molecule has 1 aromatic carbocycles. The van der Waals surface area contributed by atoms with E-state index in [2.05, 4.69) is 15.4 Å². The van der Waals surface area contributed by atoms with Crippen molar-refractivity contribution in [2.24, 2.45) is 0 Å². The third kappa shape index (κ3) is 6.48. The Morgan fingerprint density at radius 3 is 2.62 bits per heavy atom. The Morgan fingerprint density at radius 1 is 1.24 bits per heavy atom. The van der Waals surface area contributed by atoms with Crippen LogP contribution in [0.3, 0.4) is 0 Å². The smallest absolute Gasteiger partial charge is 0.337 e. The molecule has 9 heteroatoms. The first-order valence-electron chi connectivity index (χ1n) is 9.61. The maximum atomic E-state index is 12.6. The van der Waals surface area contributed by atoms with Crippen molar-refractivity contribution in [3.05, 3.63) is 29.8 Å². The molecule has 2 amide bonds. The van der Waals surface area contributed by atoms with Crippen LogP contribution in [0.4, 0.5) is 5.69 Å². The summed E-state index contributed by atoms with van der Waals surface area (Å²) in [6, 6.07) is 5.61. The van der Waals surface area contributed by atoms with E-state index in [0.717, 1.165) is 12.8 Å². The Balaban J connectivity index is 1.93. The third-order valence-corrected chi connectivity index (χ3v) is 4.52. The normalized spacial score (nSPS) is 16.0. The van der Waals surface area contributed by atoms with E-state index in [1.54, 1.807) is 24.3 Å². The number of piperazine rings is 1. The van der Waals surface area contributed by atoms with E-state index in [9.17, 15) is 19.2 Å². The van der Waals surface area contributed by atoms with Gasteiger partial charge in [0.15, 0.2) is 0 Å². The Hall–Kier alpha value is -3.10. The van der Waals surface area contributed by atoms with Crippen molar-refractivity contribution < 1.29 is 28.7 Å². The fourth-order valence-corrected chi connectivity index (χ4v) is 2.88. The average molecular weight is 405 g/mol. The lowest BCUT2D eigenvalue weighted by atomic mass is 10.1. The van der Waals surface area contributed by atoms with E-state index in [-0.39, 0.29) is 24.8 Å². The molecule has 1 heterocycles. The van der Waals surface area contributed by atoms with E-state index >= 15 is 0 Å². The number of hydrogen-bond acceptors (Lipinski definition) is 7. The van der Waals surface area contributed by atoms with Crippen LogP contribution in [-0.4, -0.2) is 68.0 Å². The zero-order valence-electron chi connectivity index (χ0n) is 16.7. The first-order valence-corrected chi connectivity index (χ1v) is 9.61. The molecule has 0 aliphatic carbocycles. The summed E-state index contributed by atoms with van der Waals surface area (Å²) < 4.78 is 9.76. The summed E-state index contributed by atoms with van der Waals surface area (Å²) in [4.78, 5) is 49.7. The lowest BCUT2D eigenvalue weighted by molar-refractivity contribution is -0.151. The van der Waals surface area contributed by atoms with Gasteiger partial charge in [0.25, 0.3) is 0 Å². The van der Waals surface area contributed by atoms with Crippen LogP contribution in [0.5, 0.6) is 0 Å². The minimum absolute atomic E-state index is 0.0494. The molecule has 1 fully saturated rings. The number of ether oxygens (including phenoxy) is 2. The van der Waals surface area contributed by atoms with Crippen LogP contribution in [0.15, 0.2) is 24.3 Å². The van der Waals surface area contributed by atoms with Crippen molar-refractivity contribution in [3.8, 4) is 0 Å². The van der Waals surface area contributed by atoms with Gasteiger partial charge in [-0.05, 0) is 30.7 Å². The fourth-order valence-electron chi connectivity index (χ4n) is 2.88. The van der Waals surface area contributed by atoms with Gasteiger partial charge in [-0.2, -0.15) is 0 Å². The number of carbonyl (C=O) groups is 4. The molecular formula is C20H27N3O6. The van der Waals surface area contributed by atoms with E-state index in [1.165, 1.54) is 12.0 Å². The number of hydrogen-bond donors (Lipinski definition) is 2. The summed E-state index contributed by atoms with van der Waals surface area (Å²) in [6.07, 6.45) is 1.48. The second kappa shape index (κ2) is 11.0. The molecule has 1 aliphatic heterocycles. The Kier molecular flexibility index (Phi) is 8.45. The standard InChI is InChI=1S/C20H27N3O6/c1-3-4-11-29-18(25)12-16-19(26)21-9-10-23(16)17(24)13-22-15-7-5-14(6-8-15)20(27)28-2/h5-8,16,22H,3-4,9-13H2,1-2H3,(H,21,26). The molecule has 1 unspecified atom stereocenters. The number of esters is 2. The lowest BCUT2D eigenvalue weighted by Crippen LogP contribution is -2.58. The van der Waals surface area contributed by atoms with Gasteiger partial charge in [0.2, 0.25) is 11.8 Å². The Bertz CT molecular complexity index is 734. The van der Waals surface area contributed by atoms with Gasteiger partial charge in [-0.1, -0.05) is 13.3 Å². The van der Waals surface area contributed by atoms with Gasteiger partial charge < -0.3 is 25.0 Å². The van der Waals surface area contributed by atoms with Crippen molar-refractivity contribution in [2.75, 3.05) is 38.7 Å². The van der Waals surface area contributed by atoms with Crippen molar-refractivity contribution in [1.82, 2.24) is 10.2 Å². The van der Waals surface area contributed by atoms with E-state index in [4.69, 9.17) is 4.74 Å². The van der Waals surface area contributed by atoms with Crippen LogP contribution in [0.25, 0.3) is 0 Å². The maximum Gasteiger partial charge on any atom is 0.337 e. The fraction of sp³-hybridized carbons (Fsp3) is 0.500. The summed E-state index contributed by atoms with van der Waals surface area (Å²) in [5, 5.41) is 5.65. The molecule has 0 radical (unpaired) electrons. The van der Waals surface area contributed by atoms with Gasteiger partial charge in [-0.15, -0.1) is 0 Å². The molecule has 158 valence electrons. The molecule has 29 heavy (non-hydrogen) atoms.